The van der Waals surface area contributed by atoms with Crippen LogP contribution in [0.1, 0.15) is 38.2 Å². The molecule has 0 bridgehead atoms. The lowest BCUT2D eigenvalue weighted by Gasteiger charge is -2.41. The summed E-state index contributed by atoms with van der Waals surface area (Å²) in [5.41, 5.74) is 7.64. The Morgan fingerprint density at radius 2 is 1.43 bits per heavy atom. The Bertz CT molecular complexity index is 2230. The van der Waals surface area contributed by atoms with Gasteiger partial charge in [0, 0.05) is 33.0 Å². The fraction of sp³-hybridized carbons (Fsp3) is 0.146. The molecule has 2 aliphatic heterocycles. The average Bonchev–Trinajstić information content (AvgIpc) is 3.10. The SMILES string of the molecule is COc1ccc(-c2ccc(C3(c4cc(C)ccc4C)C=C4COC(=O)c5cc6c(cc(OC)c7ccccc76)c(c54)O3)cc2)cc1. The zero-order valence-corrected chi connectivity index (χ0v) is 26.1. The number of rotatable bonds is 5. The molecule has 5 nitrogen and oxygen atoms in total. The van der Waals surface area contributed by atoms with Gasteiger partial charge in [-0.3, -0.25) is 0 Å². The second-order valence-electron chi connectivity index (χ2n) is 12.1. The van der Waals surface area contributed by atoms with E-state index in [2.05, 4.69) is 80.6 Å². The number of methoxy groups -OCH3 is 2. The molecule has 2 aliphatic rings. The summed E-state index contributed by atoms with van der Waals surface area (Å²) in [5, 5.41) is 3.75. The maximum atomic E-state index is 13.3. The van der Waals surface area contributed by atoms with Crippen molar-refractivity contribution in [3.8, 4) is 28.4 Å². The van der Waals surface area contributed by atoms with Gasteiger partial charge in [-0.25, -0.2) is 4.79 Å². The number of carbonyl (C=O) groups excluding carboxylic acids is 1. The molecule has 0 saturated carbocycles. The second-order valence-corrected chi connectivity index (χ2v) is 12.1. The van der Waals surface area contributed by atoms with Crippen molar-refractivity contribution >= 4 is 33.1 Å². The normalized spacial score (nSPS) is 16.8. The van der Waals surface area contributed by atoms with E-state index in [1.165, 1.54) is 0 Å². The predicted molar refractivity (Wildman–Crippen MR) is 182 cm³/mol. The molecular weight excluding hydrogens is 572 g/mol. The van der Waals surface area contributed by atoms with Crippen LogP contribution in [0.25, 0.3) is 38.2 Å². The summed E-state index contributed by atoms with van der Waals surface area (Å²) in [4.78, 5) is 13.3. The highest BCUT2D eigenvalue weighted by atomic mass is 16.5. The molecule has 0 saturated heterocycles. The first-order valence-corrected chi connectivity index (χ1v) is 15.4. The highest BCUT2D eigenvalue weighted by Gasteiger charge is 2.44. The largest absolute Gasteiger partial charge is 0.497 e. The van der Waals surface area contributed by atoms with Gasteiger partial charge in [-0.1, -0.05) is 84.4 Å². The number of cyclic esters (lactones) is 1. The van der Waals surface area contributed by atoms with E-state index in [-0.39, 0.29) is 12.6 Å². The number of benzene rings is 6. The first kappa shape index (κ1) is 28.0. The second kappa shape index (κ2) is 10.5. The number of esters is 1. The first-order chi connectivity index (χ1) is 22.4. The first-order valence-electron chi connectivity index (χ1n) is 15.4. The molecule has 0 N–H and O–H groups in total. The van der Waals surface area contributed by atoms with E-state index in [0.717, 1.165) is 77.6 Å². The molecule has 0 radical (unpaired) electrons. The van der Waals surface area contributed by atoms with Gasteiger partial charge >= 0.3 is 5.97 Å². The standard InChI is InChI=1S/C41H32O5/c1-24-9-10-25(2)36(19-24)41(29-15-11-26(12-16-29)27-13-17-30(43-3)18-14-27)22-28-23-45-40(42)35-20-33-31-7-5-6-8-32(31)37(44-4)21-34(33)39(46-41)38(28)35/h5-22H,23H2,1-4H3. The topological polar surface area (TPSA) is 54.0 Å². The van der Waals surface area contributed by atoms with Gasteiger partial charge in [0.2, 0.25) is 0 Å². The van der Waals surface area contributed by atoms with Gasteiger partial charge in [0.1, 0.15) is 23.9 Å². The van der Waals surface area contributed by atoms with Crippen LogP contribution in [-0.2, 0) is 10.3 Å². The maximum Gasteiger partial charge on any atom is 0.339 e. The van der Waals surface area contributed by atoms with Gasteiger partial charge in [-0.15, -0.1) is 0 Å². The Morgan fingerprint density at radius 3 is 2.15 bits per heavy atom. The highest BCUT2D eigenvalue weighted by molar-refractivity contribution is 6.17. The lowest BCUT2D eigenvalue weighted by molar-refractivity contribution is 0.0534. The van der Waals surface area contributed by atoms with Crippen LogP contribution in [0.4, 0.5) is 0 Å². The van der Waals surface area contributed by atoms with Crippen molar-refractivity contribution in [2.45, 2.75) is 19.4 Å². The van der Waals surface area contributed by atoms with Crippen LogP contribution in [0.2, 0.25) is 0 Å². The van der Waals surface area contributed by atoms with Crippen molar-refractivity contribution in [1.82, 2.24) is 0 Å². The zero-order chi connectivity index (χ0) is 31.6. The van der Waals surface area contributed by atoms with Crippen molar-refractivity contribution in [3.05, 3.63) is 143 Å². The molecule has 46 heavy (non-hydrogen) atoms. The van der Waals surface area contributed by atoms with E-state index in [1.807, 2.05) is 42.5 Å². The van der Waals surface area contributed by atoms with Gasteiger partial charge in [0.05, 0.1) is 19.8 Å². The smallest absolute Gasteiger partial charge is 0.339 e. The quantitative estimate of drug-likeness (QED) is 0.145. The number of hydrogen-bond donors (Lipinski definition) is 0. The number of carbonyl (C=O) groups is 1. The number of fused-ring (bicyclic) bond motifs is 4. The Hall–Kier alpha value is -5.55. The maximum absolute atomic E-state index is 13.3. The van der Waals surface area contributed by atoms with Crippen molar-refractivity contribution in [2.75, 3.05) is 20.8 Å². The van der Waals surface area contributed by atoms with E-state index in [1.54, 1.807) is 14.2 Å². The molecule has 0 aliphatic carbocycles. The minimum atomic E-state index is -0.995. The van der Waals surface area contributed by atoms with Crippen molar-refractivity contribution in [3.63, 3.8) is 0 Å². The lowest BCUT2D eigenvalue weighted by atomic mass is 9.77. The monoisotopic (exact) mass is 604 g/mol. The van der Waals surface area contributed by atoms with Gasteiger partial charge in [0.15, 0.2) is 5.60 Å². The molecule has 1 unspecified atom stereocenters. The average molecular weight is 605 g/mol. The third kappa shape index (κ3) is 4.19. The molecule has 0 fully saturated rings. The van der Waals surface area contributed by atoms with Crippen molar-refractivity contribution < 1.29 is 23.7 Å². The van der Waals surface area contributed by atoms with E-state index in [0.29, 0.717) is 11.3 Å². The van der Waals surface area contributed by atoms with Gasteiger partial charge in [-0.05, 0) is 71.7 Å². The van der Waals surface area contributed by atoms with Gasteiger partial charge in [0.25, 0.3) is 0 Å². The highest BCUT2D eigenvalue weighted by Crippen LogP contribution is 2.52. The van der Waals surface area contributed by atoms with E-state index < -0.39 is 5.60 Å². The molecule has 1 atom stereocenters. The van der Waals surface area contributed by atoms with Crippen LogP contribution >= 0.6 is 0 Å². The van der Waals surface area contributed by atoms with E-state index in [4.69, 9.17) is 18.9 Å². The summed E-state index contributed by atoms with van der Waals surface area (Å²) >= 11 is 0. The van der Waals surface area contributed by atoms with Crippen LogP contribution in [0.5, 0.6) is 17.2 Å². The molecule has 0 spiro atoms. The predicted octanol–water partition coefficient (Wildman–Crippen LogP) is 9.18. The van der Waals surface area contributed by atoms with E-state index >= 15 is 0 Å². The van der Waals surface area contributed by atoms with Gasteiger partial charge < -0.3 is 18.9 Å². The number of hydrogen-bond acceptors (Lipinski definition) is 5. The van der Waals surface area contributed by atoms with Crippen molar-refractivity contribution in [1.29, 1.82) is 0 Å². The van der Waals surface area contributed by atoms with Crippen molar-refractivity contribution in [2.24, 2.45) is 0 Å². The molecule has 6 aromatic carbocycles. The fourth-order valence-electron chi connectivity index (χ4n) is 7.04. The molecule has 0 aromatic heterocycles. The van der Waals surface area contributed by atoms with Crippen LogP contribution in [0.3, 0.4) is 0 Å². The summed E-state index contributed by atoms with van der Waals surface area (Å²) in [6, 6.07) is 35.1. The zero-order valence-electron chi connectivity index (χ0n) is 26.1. The Labute approximate surface area is 267 Å². The van der Waals surface area contributed by atoms with Gasteiger partial charge in [-0.2, -0.15) is 0 Å². The van der Waals surface area contributed by atoms with Crippen LogP contribution in [-0.4, -0.2) is 26.8 Å². The lowest BCUT2D eigenvalue weighted by Crippen LogP contribution is -2.38. The summed E-state index contributed by atoms with van der Waals surface area (Å²) in [6.45, 7) is 4.38. The summed E-state index contributed by atoms with van der Waals surface area (Å²) in [6.07, 6.45) is 2.15. The Kier molecular flexibility index (Phi) is 6.40. The van der Waals surface area contributed by atoms with Crippen LogP contribution in [0, 0.1) is 13.8 Å². The fourth-order valence-corrected chi connectivity index (χ4v) is 7.04. The third-order valence-electron chi connectivity index (χ3n) is 9.37. The van der Waals surface area contributed by atoms with Crippen LogP contribution < -0.4 is 14.2 Å². The Morgan fingerprint density at radius 1 is 0.717 bits per heavy atom. The molecule has 6 aromatic rings. The Balaban J connectivity index is 1.41. The molecular formula is C41H32O5. The van der Waals surface area contributed by atoms with E-state index in [9.17, 15) is 4.79 Å². The number of aryl methyl sites for hydroxylation is 2. The molecule has 5 heteroatoms. The molecule has 0 amide bonds. The third-order valence-corrected chi connectivity index (χ3v) is 9.37. The summed E-state index contributed by atoms with van der Waals surface area (Å²) in [5.74, 6) is 1.88. The minimum absolute atomic E-state index is 0.162. The minimum Gasteiger partial charge on any atom is -0.497 e. The van der Waals surface area contributed by atoms with Crippen LogP contribution in [0.15, 0.2) is 109 Å². The number of ether oxygens (including phenoxy) is 4. The molecule has 226 valence electrons. The summed E-state index contributed by atoms with van der Waals surface area (Å²) in [7, 11) is 3.36. The summed E-state index contributed by atoms with van der Waals surface area (Å²) < 4.78 is 24.5. The molecule has 2 heterocycles. The molecule has 8 rings (SSSR count).